The fraction of sp³-hybridized carbons (Fsp3) is 0.256. The number of rotatable bonds is 5. The number of ether oxygens (including phenoxy) is 2. The summed E-state index contributed by atoms with van der Waals surface area (Å²) in [4.78, 5) is 12.9. The van der Waals surface area contributed by atoms with E-state index in [9.17, 15) is 0 Å². The molecule has 0 radical (unpaired) electrons. The van der Waals surface area contributed by atoms with Crippen LogP contribution in [-0.4, -0.2) is 46.4 Å². The Morgan fingerprint density at radius 2 is 1.17 bits per heavy atom. The van der Waals surface area contributed by atoms with E-state index in [0.29, 0.717) is 11.7 Å². The maximum Gasteiger partial charge on any atom is 0.173 e. The zero-order valence-electron chi connectivity index (χ0n) is 28.8. The van der Waals surface area contributed by atoms with E-state index in [0.717, 1.165) is 33.3 Å². The predicted molar refractivity (Wildman–Crippen MR) is 202 cm³/mol. The summed E-state index contributed by atoms with van der Waals surface area (Å²) in [6, 6.07) is 36.1. The minimum absolute atomic E-state index is 0.261. The maximum absolute atomic E-state index is 5.71. The Hall–Kier alpha value is -4.56. The number of hydrogen-bond donors (Lipinski definition) is 1. The summed E-state index contributed by atoms with van der Waals surface area (Å²) in [6.07, 6.45) is 3.54. The number of anilines is 1. The summed E-state index contributed by atoms with van der Waals surface area (Å²) in [5.41, 5.74) is 4.13. The van der Waals surface area contributed by atoms with Crippen LogP contribution in [0.25, 0.3) is 38.4 Å². The number of nitrogens with zero attached hydrogens (tertiary/aromatic N) is 4. The van der Waals surface area contributed by atoms with Crippen LogP contribution >= 0.6 is 11.6 Å². The first-order valence-electron chi connectivity index (χ1n) is 16.1. The number of imidazole rings is 1. The van der Waals surface area contributed by atoms with Crippen molar-refractivity contribution >= 4 is 55.8 Å². The Bertz CT molecular complexity index is 1870. The third-order valence-corrected chi connectivity index (χ3v) is 6.63. The molecule has 248 valence electrons. The molecule has 7 aromatic rings. The van der Waals surface area contributed by atoms with Gasteiger partial charge in [-0.15, -0.1) is 0 Å². The molecule has 0 saturated carbocycles. The van der Waals surface area contributed by atoms with Crippen LogP contribution in [0.2, 0.25) is 5.15 Å². The number of fused-ring (bicyclic) bond motifs is 5. The van der Waals surface area contributed by atoms with Crippen LogP contribution < -0.4 is 5.32 Å². The summed E-state index contributed by atoms with van der Waals surface area (Å²) in [5, 5.41) is 7.22. The number of hydrogen-bond acceptors (Lipinski definition) is 6. The van der Waals surface area contributed by atoms with E-state index >= 15 is 0 Å². The quantitative estimate of drug-likeness (QED) is 0.147. The molecule has 0 spiro atoms. The summed E-state index contributed by atoms with van der Waals surface area (Å²) < 4.78 is 12.3. The lowest BCUT2D eigenvalue weighted by Crippen LogP contribution is -2.23. The first-order valence-corrected chi connectivity index (χ1v) is 16.5. The molecule has 0 amide bonds. The van der Waals surface area contributed by atoms with Gasteiger partial charge in [-0.25, -0.2) is 15.0 Å². The molecule has 0 bridgehead atoms. The molecule has 0 aliphatic heterocycles. The van der Waals surface area contributed by atoms with Crippen LogP contribution in [0.1, 0.15) is 41.5 Å². The molecule has 3 aromatic carbocycles. The van der Waals surface area contributed by atoms with E-state index in [-0.39, 0.29) is 6.29 Å². The Kier molecular flexibility index (Phi) is 18.1. The van der Waals surface area contributed by atoms with Crippen LogP contribution in [-0.2, 0) is 9.47 Å². The SMILES string of the molecule is CC.CC.CC.COC(CNc1ccc2ccccc2n1)OC.Clc1ccc2ccccc2n1.c1ccc2c(c1)ccc1nccn12. The minimum Gasteiger partial charge on any atom is -0.365 e. The first-order chi connectivity index (χ1) is 23.1. The smallest absolute Gasteiger partial charge is 0.173 e. The molecule has 7 rings (SSSR count). The number of benzene rings is 3. The highest BCUT2D eigenvalue weighted by atomic mass is 35.5. The largest absolute Gasteiger partial charge is 0.365 e. The molecule has 4 heterocycles. The van der Waals surface area contributed by atoms with Gasteiger partial charge in [0.1, 0.15) is 16.6 Å². The van der Waals surface area contributed by atoms with Crippen molar-refractivity contribution in [1.29, 1.82) is 0 Å². The summed E-state index contributed by atoms with van der Waals surface area (Å²) in [6.45, 7) is 12.6. The molecule has 4 aromatic heterocycles. The van der Waals surface area contributed by atoms with Crippen molar-refractivity contribution in [2.75, 3.05) is 26.1 Å². The first kappa shape index (κ1) is 38.6. The zero-order valence-corrected chi connectivity index (χ0v) is 29.6. The highest BCUT2D eigenvalue weighted by molar-refractivity contribution is 6.29. The fourth-order valence-electron chi connectivity index (χ4n) is 4.31. The highest BCUT2D eigenvalue weighted by Gasteiger charge is 2.05. The molecular weight excluding hydrogens is 606 g/mol. The van der Waals surface area contributed by atoms with E-state index in [4.69, 9.17) is 21.1 Å². The van der Waals surface area contributed by atoms with Gasteiger partial charge in [0.05, 0.1) is 23.1 Å². The molecule has 0 aliphatic carbocycles. The number of methoxy groups -OCH3 is 2. The third kappa shape index (κ3) is 11.6. The van der Waals surface area contributed by atoms with Crippen LogP contribution in [0.3, 0.4) is 0 Å². The Balaban J connectivity index is 0.000000231. The summed E-state index contributed by atoms with van der Waals surface area (Å²) >= 11 is 5.71. The van der Waals surface area contributed by atoms with E-state index in [1.54, 1.807) is 20.3 Å². The molecule has 7 nitrogen and oxygen atoms in total. The lowest BCUT2D eigenvalue weighted by molar-refractivity contribution is -0.0914. The number of halogens is 1. The Labute approximate surface area is 284 Å². The minimum atomic E-state index is -0.261. The van der Waals surface area contributed by atoms with Gasteiger partial charge in [0.15, 0.2) is 6.29 Å². The third-order valence-electron chi connectivity index (χ3n) is 6.42. The monoisotopic (exact) mass is 653 g/mol. The van der Waals surface area contributed by atoms with Gasteiger partial charge in [-0.05, 0) is 60.0 Å². The van der Waals surface area contributed by atoms with E-state index in [1.807, 2.05) is 139 Å². The predicted octanol–water partition coefficient (Wildman–Crippen LogP) is 10.7. The second-order valence-corrected chi connectivity index (χ2v) is 9.43. The normalized spacial score (nSPS) is 9.83. The Morgan fingerprint density at radius 3 is 1.81 bits per heavy atom. The van der Waals surface area contributed by atoms with Crippen LogP contribution in [0.15, 0.2) is 122 Å². The van der Waals surface area contributed by atoms with Crippen LogP contribution in [0, 0.1) is 0 Å². The van der Waals surface area contributed by atoms with Crippen molar-refractivity contribution in [3.05, 3.63) is 127 Å². The van der Waals surface area contributed by atoms with Crippen LogP contribution in [0.5, 0.6) is 0 Å². The number of aromatic nitrogens is 4. The number of para-hydroxylation sites is 3. The van der Waals surface area contributed by atoms with Gasteiger partial charge in [0.2, 0.25) is 0 Å². The second-order valence-electron chi connectivity index (χ2n) is 9.05. The summed E-state index contributed by atoms with van der Waals surface area (Å²) in [7, 11) is 3.23. The van der Waals surface area contributed by atoms with E-state index in [2.05, 4.69) is 42.9 Å². The molecule has 47 heavy (non-hydrogen) atoms. The van der Waals surface area contributed by atoms with Gasteiger partial charge in [-0.1, -0.05) is 108 Å². The molecule has 0 atom stereocenters. The average Bonchev–Trinajstić information content (AvgIpc) is 3.65. The maximum atomic E-state index is 5.71. The lowest BCUT2D eigenvalue weighted by Gasteiger charge is -2.14. The molecule has 0 aliphatic rings. The van der Waals surface area contributed by atoms with Crippen molar-refractivity contribution < 1.29 is 9.47 Å². The Morgan fingerprint density at radius 1 is 0.638 bits per heavy atom. The molecule has 0 saturated heterocycles. The number of pyridine rings is 3. The van der Waals surface area contributed by atoms with Gasteiger partial charge >= 0.3 is 0 Å². The highest BCUT2D eigenvalue weighted by Crippen LogP contribution is 2.16. The average molecular weight is 654 g/mol. The zero-order chi connectivity index (χ0) is 34.4. The number of nitrogens with one attached hydrogen (secondary N) is 1. The molecule has 0 fully saturated rings. The van der Waals surface area contributed by atoms with Crippen molar-refractivity contribution in [1.82, 2.24) is 19.4 Å². The molecule has 8 heteroatoms. The summed E-state index contributed by atoms with van der Waals surface area (Å²) in [5.74, 6) is 0.822. The van der Waals surface area contributed by atoms with Gasteiger partial charge < -0.3 is 14.8 Å². The van der Waals surface area contributed by atoms with Crippen molar-refractivity contribution in [3.63, 3.8) is 0 Å². The van der Waals surface area contributed by atoms with Crippen LogP contribution in [0.4, 0.5) is 5.82 Å². The van der Waals surface area contributed by atoms with Crippen molar-refractivity contribution in [3.8, 4) is 0 Å². The fourth-order valence-corrected chi connectivity index (χ4v) is 4.46. The van der Waals surface area contributed by atoms with Gasteiger partial charge in [0.25, 0.3) is 0 Å². The second kappa shape index (κ2) is 22.0. The van der Waals surface area contributed by atoms with Crippen molar-refractivity contribution in [2.45, 2.75) is 47.8 Å². The van der Waals surface area contributed by atoms with E-state index < -0.39 is 0 Å². The molecule has 1 N–H and O–H groups in total. The molecule has 0 unspecified atom stereocenters. The van der Waals surface area contributed by atoms with Gasteiger partial charge in [-0.2, -0.15) is 0 Å². The standard InChI is InChI=1S/C13H16N2O2.C11H8N2.C9H6ClN.3C2H6/c1-16-13(17-2)9-14-12-8-7-10-5-3-4-6-11(10)15-12;1-2-4-10-9(3-1)5-6-11-12-7-8-13(10)11;10-9-6-5-7-3-1-2-4-8(7)11-9;3*1-2/h3-8,13H,9H2,1-2H3,(H,14,15);1-8H;1-6H;3*1-2H3. The molecular formula is C39H48ClN5O2. The topological polar surface area (TPSA) is 73.6 Å². The van der Waals surface area contributed by atoms with E-state index in [1.165, 1.54) is 10.9 Å². The van der Waals surface area contributed by atoms with Crippen molar-refractivity contribution in [2.24, 2.45) is 0 Å². The lowest BCUT2D eigenvalue weighted by atomic mass is 10.2. The van der Waals surface area contributed by atoms with Gasteiger partial charge in [-0.3, -0.25) is 4.40 Å². The van der Waals surface area contributed by atoms with Gasteiger partial charge in [0, 0.05) is 37.4 Å².